The van der Waals surface area contributed by atoms with Crippen molar-refractivity contribution in [3.63, 3.8) is 0 Å². The lowest BCUT2D eigenvalue weighted by molar-refractivity contribution is 0.0792. The third kappa shape index (κ3) is 2.47. The van der Waals surface area contributed by atoms with E-state index in [1.165, 1.54) is 0 Å². The molecular formula is C15H19NO2. The highest BCUT2D eigenvalue weighted by Gasteiger charge is 2.38. The monoisotopic (exact) mass is 245 g/mol. The number of hydrogen-bond acceptors (Lipinski definition) is 3. The van der Waals surface area contributed by atoms with Gasteiger partial charge < -0.3 is 15.2 Å². The van der Waals surface area contributed by atoms with E-state index >= 15 is 0 Å². The van der Waals surface area contributed by atoms with E-state index in [9.17, 15) is 0 Å². The molecule has 1 aromatic rings. The van der Waals surface area contributed by atoms with Crippen LogP contribution in [-0.2, 0) is 4.74 Å². The molecule has 0 fully saturated rings. The van der Waals surface area contributed by atoms with Gasteiger partial charge in [0, 0.05) is 13.2 Å². The Hall–Kier alpha value is -1.58. The Morgan fingerprint density at radius 3 is 2.67 bits per heavy atom. The number of allylic oxidation sites excluding steroid dienone is 2. The first-order chi connectivity index (χ1) is 8.66. The predicted octanol–water partition coefficient (Wildman–Crippen LogP) is 2.50. The van der Waals surface area contributed by atoms with Crippen LogP contribution in [0.15, 0.2) is 54.3 Å². The van der Waals surface area contributed by atoms with Gasteiger partial charge >= 0.3 is 0 Å². The topological polar surface area (TPSA) is 44.5 Å². The number of nitrogens with two attached hydrogens (primary N) is 1. The third-order valence-corrected chi connectivity index (χ3v) is 3.28. The van der Waals surface area contributed by atoms with E-state index in [0.717, 1.165) is 11.5 Å². The Kier molecular flexibility index (Phi) is 3.84. The van der Waals surface area contributed by atoms with Crippen molar-refractivity contribution >= 4 is 0 Å². The molecule has 3 heteroatoms. The zero-order valence-corrected chi connectivity index (χ0v) is 10.8. The quantitative estimate of drug-likeness (QED) is 0.886. The number of rotatable bonds is 4. The Morgan fingerprint density at radius 2 is 2.00 bits per heavy atom. The molecule has 0 bridgehead atoms. The van der Waals surface area contributed by atoms with Gasteiger partial charge in [-0.3, -0.25) is 0 Å². The first-order valence-electron chi connectivity index (χ1n) is 6.03. The molecule has 2 unspecified atom stereocenters. The van der Waals surface area contributed by atoms with Crippen molar-refractivity contribution in [2.75, 3.05) is 13.7 Å². The lowest BCUT2D eigenvalue weighted by atomic mass is 9.78. The number of benzene rings is 1. The van der Waals surface area contributed by atoms with Crippen LogP contribution in [0.4, 0.5) is 0 Å². The summed E-state index contributed by atoms with van der Waals surface area (Å²) in [6.45, 7) is 2.58. The summed E-state index contributed by atoms with van der Waals surface area (Å²) in [6.07, 6.45) is 5.85. The van der Waals surface area contributed by atoms with Crippen LogP contribution in [0.2, 0.25) is 0 Å². The molecule has 2 rings (SSSR count). The molecule has 1 aromatic carbocycles. The second-order valence-corrected chi connectivity index (χ2v) is 4.71. The van der Waals surface area contributed by atoms with E-state index < -0.39 is 0 Å². The Balaban J connectivity index is 2.24. The van der Waals surface area contributed by atoms with Crippen LogP contribution in [0.25, 0.3) is 0 Å². The lowest BCUT2D eigenvalue weighted by Gasteiger charge is -2.36. The minimum Gasteiger partial charge on any atom is -0.461 e. The van der Waals surface area contributed by atoms with Crippen LogP contribution in [0.1, 0.15) is 6.92 Å². The van der Waals surface area contributed by atoms with Gasteiger partial charge in [0.15, 0.2) is 0 Å². The maximum atomic E-state index is 6.16. The molecule has 0 aliphatic heterocycles. The first-order valence-corrected chi connectivity index (χ1v) is 6.03. The Labute approximate surface area is 108 Å². The molecule has 0 saturated carbocycles. The maximum Gasteiger partial charge on any atom is 0.126 e. The molecule has 0 heterocycles. The number of hydrogen-bond donors (Lipinski definition) is 1. The second kappa shape index (κ2) is 5.38. The molecule has 2 atom stereocenters. The summed E-state index contributed by atoms with van der Waals surface area (Å²) < 4.78 is 11.2. The van der Waals surface area contributed by atoms with Crippen LogP contribution < -0.4 is 10.5 Å². The zero-order chi connectivity index (χ0) is 13.0. The number of para-hydroxylation sites is 1. The zero-order valence-electron chi connectivity index (χ0n) is 10.8. The van der Waals surface area contributed by atoms with E-state index in [1.807, 2.05) is 48.6 Å². The van der Waals surface area contributed by atoms with Crippen molar-refractivity contribution in [1.82, 2.24) is 0 Å². The SMILES string of the molecule is COCC1(C)C(Oc2ccccc2)=CC=CC1N. The average Bonchev–Trinajstić information content (AvgIpc) is 2.37. The van der Waals surface area contributed by atoms with E-state index in [1.54, 1.807) is 7.11 Å². The van der Waals surface area contributed by atoms with Gasteiger partial charge in [0.25, 0.3) is 0 Å². The van der Waals surface area contributed by atoms with Crippen LogP contribution >= 0.6 is 0 Å². The Bertz CT molecular complexity index is 453. The van der Waals surface area contributed by atoms with Crippen molar-refractivity contribution in [3.05, 3.63) is 54.3 Å². The summed E-state index contributed by atoms with van der Waals surface area (Å²) in [6, 6.07) is 9.60. The van der Waals surface area contributed by atoms with E-state index in [4.69, 9.17) is 15.2 Å². The molecule has 0 amide bonds. The van der Waals surface area contributed by atoms with Gasteiger partial charge in [0.2, 0.25) is 0 Å². The van der Waals surface area contributed by atoms with Crippen molar-refractivity contribution in [2.45, 2.75) is 13.0 Å². The molecule has 0 saturated heterocycles. The largest absolute Gasteiger partial charge is 0.461 e. The first kappa shape index (κ1) is 12.9. The average molecular weight is 245 g/mol. The lowest BCUT2D eigenvalue weighted by Crippen LogP contribution is -2.45. The summed E-state index contributed by atoms with van der Waals surface area (Å²) in [7, 11) is 1.68. The van der Waals surface area contributed by atoms with Crippen molar-refractivity contribution < 1.29 is 9.47 Å². The molecule has 0 aromatic heterocycles. The normalized spacial score (nSPS) is 26.8. The van der Waals surface area contributed by atoms with Crippen molar-refractivity contribution in [1.29, 1.82) is 0 Å². The molecule has 0 radical (unpaired) electrons. The molecule has 1 aliphatic rings. The van der Waals surface area contributed by atoms with Gasteiger partial charge in [-0.1, -0.05) is 30.4 Å². The number of ether oxygens (including phenoxy) is 2. The predicted molar refractivity (Wildman–Crippen MR) is 72.3 cm³/mol. The molecular weight excluding hydrogens is 226 g/mol. The minimum atomic E-state index is -0.334. The third-order valence-electron chi connectivity index (χ3n) is 3.28. The fourth-order valence-corrected chi connectivity index (χ4v) is 2.06. The minimum absolute atomic E-state index is 0.110. The molecule has 18 heavy (non-hydrogen) atoms. The fourth-order valence-electron chi connectivity index (χ4n) is 2.06. The standard InChI is InChI=1S/C15H19NO2/c1-15(11-17-2)13(16)9-6-10-14(15)18-12-7-4-3-5-8-12/h3-10,13H,11,16H2,1-2H3. The van der Waals surface area contributed by atoms with Crippen LogP contribution in [-0.4, -0.2) is 19.8 Å². The summed E-state index contributed by atoms with van der Waals surface area (Å²) in [5.41, 5.74) is 5.82. The number of methoxy groups -OCH3 is 1. The smallest absolute Gasteiger partial charge is 0.126 e. The molecule has 2 N–H and O–H groups in total. The maximum absolute atomic E-state index is 6.16. The molecule has 0 spiro atoms. The van der Waals surface area contributed by atoms with Crippen molar-refractivity contribution in [3.8, 4) is 5.75 Å². The molecule has 3 nitrogen and oxygen atoms in total. The molecule has 96 valence electrons. The Morgan fingerprint density at radius 1 is 1.28 bits per heavy atom. The second-order valence-electron chi connectivity index (χ2n) is 4.71. The molecule has 1 aliphatic carbocycles. The van der Waals surface area contributed by atoms with Gasteiger partial charge in [0.05, 0.1) is 12.0 Å². The highest BCUT2D eigenvalue weighted by molar-refractivity contribution is 5.31. The van der Waals surface area contributed by atoms with E-state index in [2.05, 4.69) is 6.92 Å². The van der Waals surface area contributed by atoms with Crippen LogP contribution in [0.3, 0.4) is 0 Å². The highest BCUT2D eigenvalue weighted by Crippen LogP contribution is 2.35. The van der Waals surface area contributed by atoms with Gasteiger partial charge in [-0.15, -0.1) is 0 Å². The van der Waals surface area contributed by atoms with Gasteiger partial charge in [0.1, 0.15) is 11.5 Å². The summed E-state index contributed by atoms with van der Waals surface area (Å²) >= 11 is 0. The van der Waals surface area contributed by atoms with Crippen LogP contribution in [0.5, 0.6) is 5.75 Å². The van der Waals surface area contributed by atoms with Gasteiger partial charge in [-0.25, -0.2) is 0 Å². The summed E-state index contributed by atoms with van der Waals surface area (Å²) in [5, 5.41) is 0. The van der Waals surface area contributed by atoms with E-state index in [-0.39, 0.29) is 11.5 Å². The van der Waals surface area contributed by atoms with Gasteiger partial charge in [-0.2, -0.15) is 0 Å². The fraction of sp³-hybridized carbons (Fsp3) is 0.333. The van der Waals surface area contributed by atoms with E-state index in [0.29, 0.717) is 6.61 Å². The van der Waals surface area contributed by atoms with Gasteiger partial charge in [-0.05, 0) is 25.1 Å². The summed E-state index contributed by atoms with van der Waals surface area (Å²) in [5.74, 6) is 1.65. The van der Waals surface area contributed by atoms with Crippen LogP contribution in [0, 0.1) is 5.41 Å². The highest BCUT2D eigenvalue weighted by atomic mass is 16.5. The van der Waals surface area contributed by atoms with Crippen molar-refractivity contribution in [2.24, 2.45) is 11.1 Å². The summed E-state index contributed by atoms with van der Waals surface area (Å²) in [4.78, 5) is 0.